The lowest BCUT2D eigenvalue weighted by Crippen LogP contribution is -1.98. The van der Waals surface area contributed by atoms with E-state index < -0.39 is 0 Å². The molecule has 1 aromatic carbocycles. The molecule has 0 unspecified atom stereocenters. The zero-order valence-corrected chi connectivity index (χ0v) is 9.29. The number of aromatic nitrogens is 1. The lowest BCUT2D eigenvalue weighted by molar-refractivity contribution is 0.607. The van der Waals surface area contributed by atoms with Crippen LogP contribution in [0.4, 0.5) is 0 Å². The van der Waals surface area contributed by atoms with Gasteiger partial charge in [-0.2, -0.15) is 0 Å². The summed E-state index contributed by atoms with van der Waals surface area (Å²) in [7, 11) is 0. The van der Waals surface area contributed by atoms with Gasteiger partial charge in [0.2, 0.25) is 0 Å². The summed E-state index contributed by atoms with van der Waals surface area (Å²) in [5, 5.41) is 1.34. The van der Waals surface area contributed by atoms with Gasteiger partial charge in [0.1, 0.15) is 0 Å². The molecule has 2 aromatic rings. The van der Waals surface area contributed by atoms with Gasteiger partial charge in [-0.05, 0) is 37.3 Å². The lowest BCUT2D eigenvalue weighted by Gasteiger charge is -2.05. The van der Waals surface area contributed by atoms with Gasteiger partial charge in [-0.1, -0.05) is 24.1 Å². The number of terminal acetylenes is 1. The third-order valence-electron chi connectivity index (χ3n) is 3.71. The molecule has 0 saturated heterocycles. The Morgan fingerprint density at radius 2 is 2.12 bits per heavy atom. The number of fused-ring (bicyclic) bond motifs is 1. The minimum Gasteiger partial charge on any atom is -0.361 e. The maximum Gasteiger partial charge on any atom is 0.0456 e. The van der Waals surface area contributed by atoms with Crippen LogP contribution in [0.15, 0.2) is 30.5 Å². The predicted molar refractivity (Wildman–Crippen MR) is 67.1 cm³/mol. The minimum absolute atomic E-state index is 0.234. The molecule has 1 aliphatic carbocycles. The third kappa shape index (κ3) is 1.51. The number of rotatable bonds is 3. The van der Waals surface area contributed by atoms with Crippen LogP contribution in [0.25, 0.3) is 10.9 Å². The van der Waals surface area contributed by atoms with E-state index in [1.807, 2.05) is 0 Å². The molecular formula is C15H15N. The SMILES string of the molecule is C#CC1(CCc2c[nH]c3ccccc23)CC1. The van der Waals surface area contributed by atoms with Crippen LogP contribution in [-0.2, 0) is 6.42 Å². The highest BCUT2D eigenvalue weighted by Crippen LogP contribution is 2.48. The molecule has 1 fully saturated rings. The fraction of sp³-hybridized carbons (Fsp3) is 0.333. The number of para-hydroxylation sites is 1. The summed E-state index contributed by atoms with van der Waals surface area (Å²) in [6.07, 6.45) is 12.3. The Balaban J connectivity index is 1.82. The largest absolute Gasteiger partial charge is 0.361 e. The van der Waals surface area contributed by atoms with Gasteiger partial charge < -0.3 is 4.98 Å². The summed E-state index contributed by atoms with van der Waals surface area (Å²) in [6.45, 7) is 0. The molecule has 1 heteroatoms. The first-order valence-electron chi connectivity index (χ1n) is 5.86. The Bertz CT molecular complexity index is 552. The second-order valence-corrected chi connectivity index (χ2v) is 4.78. The topological polar surface area (TPSA) is 15.8 Å². The van der Waals surface area contributed by atoms with Crippen LogP contribution in [0.3, 0.4) is 0 Å². The van der Waals surface area contributed by atoms with Crippen molar-refractivity contribution < 1.29 is 0 Å². The first-order valence-corrected chi connectivity index (χ1v) is 5.86. The van der Waals surface area contributed by atoms with E-state index in [-0.39, 0.29) is 5.41 Å². The van der Waals surface area contributed by atoms with Gasteiger partial charge >= 0.3 is 0 Å². The quantitative estimate of drug-likeness (QED) is 0.744. The van der Waals surface area contributed by atoms with Crippen molar-refractivity contribution in [3.63, 3.8) is 0 Å². The third-order valence-corrected chi connectivity index (χ3v) is 3.71. The van der Waals surface area contributed by atoms with Crippen LogP contribution in [0.5, 0.6) is 0 Å². The summed E-state index contributed by atoms with van der Waals surface area (Å²) in [5.74, 6) is 2.95. The van der Waals surface area contributed by atoms with Gasteiger partial charge in [0, 0.05) is 22.5 Å². The molecule has 0 radical (unpaired) electrons. The van der Waals surface area contributed by atoms with Gasteiger partial charge in [-0.25, -0.2) is 0 Å². The average Bonchev–Trinajstić information content (AvgIpc) is 3.01. The monoisotopic (exact) mass is 209 g/mol. The summed E-state index contributed by atoms with van der Waals surface area (Å²) in [4.78, 5) is 3.31. The van der Waals surface area contributed by atoms with Gasteiger partial charge in [0.25, 0.3) is 0 Å². The summed E-state index contributed by atoms with van der Waals surface area (Å²) >= 11 is 0. The van der Waals surface area contributed by atoms with Crippen LogP contribution < -0.4 is 0 Å². The fourth-order valence-corrected chi connectivity index (χ4v) is 2.33. The van der Waals surface area contributed by atoms with Crippen LogP contribution in [0.1, 0.15) is 24.8 Å². The first kappa shape index (κ1) is 9.54. The Labute approximate surface area is 95.9 Å². The molecule has 0 amide bonds. The van der Waals surface area contributed by atoms with Crippen molar-refractivity contribution in [2.75, 3.05) is 0 Å². The van der Waals surface area contributed by atoms with Crippen molar-refractivity contribution in [2.24, 2.45) is 5.41 Å². The molecular weight excluding hydrogens is 194 g/mol. The Morgan fingerprint density at radius 3 is 2.88 bits per heavy atom. The van der Waals surface area contributed by atoms with Crippen molar-refractivity contribution in [2.45, 2.75) is 25.7 Å². The highest BCUT2D eigenvalue weighted by atomic mass is 14.7. The standard InChI is InChI=1S/C15H15N/c1-2-15(9-10-15)8-7-12-11-16-14-6-4-3-5-13(12)14/h1,3-6,11,16H,7-10H2. The Kier molecular flexibility index (Phi) is 2.04. The normalized spacial score (nSPS) is 17.2. The van der Waals surface area contributed by atoms with Gasteiger partial charge in [-0.15, -0.1) is 6.42 Å². The van der Waals surface area contributed by atoms with E-state index in [1.165, 1.54) is 29.3 Å². The molecule has 1 saturated carbocycles. The lowest BCUT2D eigenvalue weighted by atomic mass is 9.97. The molecule has 1 N–H and O–H groups in total. The zero-order chi connectivity index (χ0) is 11.0. The summed E-state index contributed by atoms with van der Waals surface area (Å²) < 4.78 is 0. The Morgan fingerprint density at radius 1 is 1.31 bits per heavy atom. The maximum absolute atomic E-state index is 5.56. The summed E-state index contributed by atoms with van der Waals surface area (Å²) in [6, 6.07) is 8.45. The first-order chi connectivity index (χ1) is 7.83. The zero-order valence-electron chi connectivity index (χ0n) is 9.29. The molecule has 1 aromatic heterocycles. The second kappa shape index (κ2) is 3.42. The Hall–Kier alpha value is -1.68. The van der Waals surface area contributed by atoms with Gasteiger partial charge in [-0.3, -0.25) is 0 Å². The van der Waals surface area contributed by atoms with Crippen molar-refractivity contribution >= 4 is 10.9 Å². The molecule has 1 heterocycles. The highest BCUT2D eigenvalue weighted by Gasteiger charge is 2.40. The number of nitrogens with one attached hydrogen (secondary N) is 1. The van der Waals surface area contributed by atoms with Crippen LogP contribution in [-0.4, -0.2) is 4.98 Å². The minimum atomic E-state index is 0.234. The highest BCUT2D eigenvalue weighted by molar-refractivity contribution is 5.83. The molecule has 16 heavy (non-hydrogen) atoms. The average molecular weight is 209 g/mol. The molecule has 0 atom stereocenters. The molecule has 0 aliphatic heterocycles. The number of aryl methyl sites for hydroxylation is 1. The van der Waals surface area contributed by atoms with E-state index in [1.54, 1.807) is 0 Å². The number of aromatic amines is 1. The smallest absolute Gasteiger partial charge is 0.0456 e. The molecule has 0 spiro atoms. The molecule has 0 bridgehead atoms. The van der Waals surface area contributed by atoms with Crippen molar-refractivity contribution in [3.05, 3.63) is 36.0 Å². The molecule has 80 valence electrons. The predicted octanol–water partition coefficient (Wildman–Crippen LogP) is 3.51. The van der Waals surface area contributed by atoms with Crippen molar-refractivity contribution in [1.82, 2.24) is 4.98 Å². The molecule has 3 rings (SSSR count). The van der Waals surface area contributed by atoms with Crippen LogP contribution >= 0.6 is 0 Å². The number of H-pyrrole nitrogens is 1. The van der Waals surface area contributed by atoms with E-state index in [9.17, 15) is 0 Å². The fourth-order valence-electron chi connectivity index (χ4n) is 2.33. The second-order valence-electron chi connectivity index (χ2n) is 4.78. The van der Waals surface area contributed by atoms with Crippen LogP contribution in [0, 0.1) is 17.8 Å². The van der Waals surface area contributed by atoms with Crippen molar-refractivity contribution in [3.8, 4) is 12.3 Å². The van der Waals surface area contributed by atoms with Crippen LogP contribution in [0.2, 0.25) is 0 Å². The van der Waals surface area contributed by atoms with E-state index in [4.69, 9.17) is 6.42 Å². The number of hydrogen-bond donors (Lipinski definition) is 1. The molecule has 1 aliphatic rings. The van der Waals surface area contributed by atoms with E-state index in [0.717, 1.165) is 12.8 Å². The van der Waals surface area contributed by atoms with Crippen molar-refractivity contribution in [1.29, 1.82) is 0 Å². The molecule has 1 nitrogen and oxygen atoms in total. The maximum atomic E-state index is 5.56. The number of hydrogen-bond acceptors (Lipinski definition) is 0. The van der Waals surface area contributed by atoms with E-state index in [0.29, 0.717) is 0 Å². The van der Waals surface area contributed by atoms with E-state index >= 15 is 0 Å². The summed E-state index contributed by atoms with van der Waals surface area (Å²) in [5.41, 5.74) is 2.86. The number of benzene rings is 1. The van der Waals surface area contributed by atoms with E-state index in [2.05, 4.69) is 41.4 Å². The van der Waals surface area contributed by atoms with Gasteiger partial charge in [0.15, 0.2) is 0 Å². The van der Waals surface area contributed by atoms with Gasteiger partial charge in [0.05, 0.1) is 0 Å².